The van der Waals surface area contributed by atoms with Crippen LogP contribution in [0, 0.1) is 5.41 Å². The van der Waals surface area contributed by atoms with Crippen LogP contribution in [0.5, 0.6) is 0 Å². The van der Waals surface area contributed by atoms with Crippen LogP contribution in [0.25, 0.3) is 22.2 Å². The molecular formula is C31H27N5O. The monoisotopic (exact) mass is 485 g/mol. The van der Waals surface area contributed by atoms with E-state index in [0.717, 1.165) is 39.0 Å². The number of carbonyl (C=O) groups excluding carboxylic acids is 1. The standard InChI is InChI=1S/C31H27N5O/c1-21(23-13-15-33-16-14-23)17-27(32)30-20-34-28-12-9-25(19-29(28)36-30)24-7-10-26(11-8-24)35-31(37)18-22-5-3-2-4-6-22/h2-16,19-21,32H,17-18H2,1H3,(H,35,37). The zero-order chi connectivity index (χ0) is 25.6. The fraction of sp³-hybridized carbons (Fsp3) is 0.129. The van der Waals surface area contributed by atoms with Crippen LogP contribution in [-0.4, -0.2) is 26.6 Å². The maximum atomic E-state index is 12.4. The predicted octanol–water partition coefficient (Wildman–Crippen LogP) is 6.43. The van der Waals surface area contributed by atoms with Crippen LogP contribution in [0.15, 0.2) is 104 Å². The molecule has 0 spiro atoms. The van der Waals surface area contributed by atoms with E-state index in [1.54, 1.807) is 18.6 Å². The first-order chi connectivity index (χ1) is 18.0. The molecule has 0 aliphatic heterocycles. The third-order valence-corrected chi connectivity index (χ3v) is 6.35. The van der Waals surface area contributed by atoms with Crippen molar-refractivity contribution < 1.29 is 4.79 Å². The van der Waals surface area contributed by atoms with Crippen LogP contribution in [0.3, 0.4) is 0 Å². The Hall–Kier alpha value is -4.71. The van der Waals surface area contributed by atoms with Crippen molar-refractivity contribution in [2.75, 3.05) is 5.32 Å². The number of benzene rings is 3. The first-order valence-corrected chi connectivity index (χ1v) is 12.2. The van der Waals surface area contributed by atoms with Gasteiger partial charge < -0.3 is 10.7 Å². The molecule has 5 rings (SSSR count). The van der Waals surface area contributed by atoms with E-state index in [2.05, 4.69) is 22.2 Å². The summed E-state index contributed by atoms with van der Waals surface area (Å²) in [4.78, 5) is 25.7. The molecule has 0 aliphatic carbocycles. The molecule has 0 radical (unpaired) electrons. The van der Waals surface area contributed by atoms with Gasteiger partial charge in [0.1, 0.15) is 5.69 Å². The second-order valence-corrected chi connectivity index (χ2v) is 9.11. The predicted molar refractivity (Wildman–Crippen MR) is 148 cm³/mol. The minimum absolute atomic E-state index is 0.0480. The molecule has 182 valence electrons. The molecule has 6 heteroatoms. The highest BCUT2D eigenvalue weighted by atomic mass is 16.1. The lowest BCUT2D eigenvalue weighted by atomic mass is 9.95. The Morgan fingerprint density at radius 1 is 0.892 bits per heavy atom. The van der Waals surface area contributed by atoms with E-state index in [-0.39, 0.29) is 11.8 Å². The smallest absolute Gasteiger partial charge is 0.228 e. The zero-order valence-electron chi connectivity index (χ0n) is 20.6. The zero-order valence-corrected chi connectivity index (χ0v) is 20.6. The highest BCUT2D eigenvalue weighted by molar-refractivity contribution is 5.98. The van der Waals surface area contributed by atoms with E-state index in [4.69, 9.17) is 10.4 Å². The number of carbonyl (C=O) groups is 1. The van der Waals surface area contributed by atoms with Crippen LogP contribution in [0.4, 0.5) is 5.69 Å². The van der Waals surface area contributed by atoms with Gasteiger partial charge in [-0.2, -0.15) is 0 Å². The summed E-state index contributed by atoms with van der Waals surface area (Å²) in [6, 6.07) is 27.4. The molecule has 0 saturated heterocycles. The SMILES string of the molecule is CC(CC(=N)c1cnc2ccc(-c3ccc(NC(=O)Cc4ccccc4)cc3)cc2n1)c1ccncc1. The summed E-state index contributed by atoms with van der Waals surface area (Å²) in [6.45, 7) is 2.10. The number of pyridine rings is 1. The number of amides is 1. The van der Waals surface area contributed by atoms with Crippen LogP contribution < -0.4 is 5.32 Å². The fourth-order valence-corrected chi connectivity index (χ4v) is 4.29. The minimum atomic E-state index is -0.0480. The Morgan fingerprint density at radius 3 is 2.38 bits per heavy atom. The molecule has 2 aromatic heterocycles. The van der Waals surface area contributed by atoms with Gasteiger partial charge in [0.15, 0.2) is 0 Å². The fourth-order valence-electron chi connectivity index (χ4n) is 4.29. The molecule has 2 N–H and O–H groups in total. The Morgan fingerprint density at radius 2 is 1.62 bits per heavy atom. The molecule has 0 fully saturated rings. The van der Waals surface area contributed by atoms with E-state index in [0.29, 0.717) is 24.2 Å². The lowest BCUT2D eigenvalue weighted by Gasteiger charge is -2.12. The van der Waals surface area contributed by atoms with Gasteiger partial charge in [0.2, 0.25) is 5.91 Å². The molecule has 1 amide bonds. The highest BCUT2D eigenvalue weighted by Crippen LogP contribution is 2.25. The third-order valence-electron chi connectivity index (χ3n) is 6.35. The second-order valence-electron chi connectivity index (χ2n) is 9.11. The molecule has 0 bridgehead atoms. The lowest BCUT2D eigenvalue weighted by Crippen LogP contribution is -2.14. The van der Waals surface area contributed by atoms with Crippen molar-refractivity contribution in [1.29, 1.82) is 5.41 Å². The number of nitrogens with zero attached hydrogens (tertiary/aromatic N) is 3. The van der Waals surface area contributed by atoms with Crippen LogP contribution >= 0.6 is 0 Å². The quantitative estimate of drug-likeness (QED) is 0.248. The molecule has 1 atom stereocenters. The molecule has 3 aromatic carbocycles. The van der Waals surface area contributed by atoms with Crippen molar-refractivity contribution in [2.24, 2.45) is 0 Å². The van der Waals surface area contributed by atoms with E-state index < -0.39 is 0 Å². The van der Waals surface area contributed by atoms with Crippen molar-refractivity contribution in [1.82, 2.24) is 15.0 Å². The summed E-state index contributed by atoms with van der Waals surface area (Å²) < 4.78 is 0. The maximum absolute atomic E-state index is 12.4. The average molecular weight is 486 g/mol. The maximum Gasteiger partial charge on any atom is 0.228 e. The molecule has 0 saturated carbocycles. The molecule has 5 aromatic rings. The van der Waals surface area contributed by atoms with Gasteiger partial charge in [-0.3, -0.25) is 14.8 Å². The summed E-state index contributed by atoms with van der Waals surface area (Å²) >= 11 is 0. The number of aromatic nitrogens is 3. The second kappa shape index (κ2) is 10.9. The van der Waals surface area contributed by atoms with Crippen molar-refractivity contribution in [3.63, 3.8) is 0 Å². The minimum Gasteiger partial charge on any atom is -0.326 e. The number of anilines is 1. The van der Waals surface area contributed by atoms with Crippen molar-refractivity contribution >= 4 is 28.3 Å². The van der Waals surface area contributed by atoms with E-state index in [1.807, 2.05) is 84.9 Å². The van der Waals surface area contributed by atoms with Gasteiger partial charge in [-0.25, -0.2) is 4.98 Å². The number of hydrogen-bond acceptors (Lipinski definition) is 5. The normalized spacial score (nSPS) is 11.7. The summed E-state index contributed by atoms with van der Waals surface area (Å²) in [5.41, 5.74) is 7.47. The van der Waals surface area contributed by atoms with Crippen molar-refractivity contribution in [3.05, 3.63) is 120 Å². The summed E-state index contributed by atoms with van der Waals surface area (Å²) in [5.74, 6) is 0.138. The molecule has 37 heavy (non-hydrogen) atoms. The Balaban J connectivity index is 1.29. The number of rotatable bonds is 8. The van der Waals surface area contributed by atoms with Gasteiger partial charge in [0, 0.05) is 18.1 Å². The number of hydrogen-bond donors (Lipinski definition) is 2. The first-order valence-electron chi connectivity index (χ1n) is 12.2. The molecule has 1 unspecified atom stereocenters. The van der Waals surface area contributed by atoms with Gasteiger partial charge in [0.25, 0.3) is 0 Å². The lowest BCUT2D eigenvalue weighted by molar-refractivity contribution is -0.115. The Kier molecular flexibility index (Phi) is 7.08. The number of nitrogens with one attached hydrogen (secondary N) is 2. The van der Waals surface area contributed by atoms with E-state index in [9.17, 15) is 4.79 Å². The van der Waals surface area contributed by atoms with Crippen molar-refractivity contribution in [2.45, 2.75) is 25.7 Å². The van der Waals surface area contributed by atoms with Crippen LogP contribution in [0.2, 0.25) is 0 Å². The average Bonchev–Trinajstić information content (AvgIpc) is 2.93. The molecule has 2 heterocycles. The summed E-state index contributed by atoms with van der Waals surface area (Å²) in [5, 5.41) is 11.6. The van der Waals surface area contributed by atoms with Crippen molar-refractivity contribution in [3.8, 4) is 11.1 Å². The van der Waals surface area contributed by atoms with E-state index >= 15 is 0 Å². The van der Waals surface area contributed by atoms with Gasteiger partial charge in [-0.1, -0.05) is 55.5 Å². The Labute approximate surface area is 216 Å². The van der Waals surface area contributed by atoms with Gasteiger partial charge in [-0.15, -0.1) is 0 Å². The molecule has 6 nitrogen and oxygen atoms in total. The largest absolute Gasteiger partial charge is 0.326 e. The summed E-state index contributed by atoms with van der Waals surface area (Å²) in [6.07, 6.45) is 6.14. The third kappa shape index (κ3) is 5.93. The molecule has 0 aliphatic rings. The Bertz CT molecular complexity index is 1530. The van der Waals surface area contributed by atoms with Crippen LogP contribution in [0.1, 0.15) is 36.1 Å². The molecular weight excluding hydrogens is 458 g/mol. The topological polar surface area (TPSA) is 91.6 Å². The van der Waals surface area contributed by atoms with Crippen LogP contribution in [-0.2, 0) is 11.2 Å². The van der Waals surface area contributed by atoms with Gasteiger partial charge in [-0.05, 0) is 71.0 Å². The highest BCUT2D eigenvalue weighted by Gasteiger charge is 2.13. The van der Waals surface area contributed by atoms with E-state index in [1.165, 1.54) is 0 Å². The van der Waals surface area contributed by atoms with Gasteiger partial charge >= 0.3 is 0 Å². The summed E-state index contributed by atoms with van der Waals surface area (Å²) in [7, 11) is 0. The number of fused-ring (bicyclic) bond motifs is 1. The first kappa shape index (κ1) is 24.0. The van der Waals surface area contributed by atoms with Gasteiger partial charge in [0.05, 0.1) is 29.4 Å².